The number of fused-ring (bicyclic) bond motifs is 1. The summed E-state index contributed by atoms with van der Waals surface area (Å²) in [6.45, 7) is 0.110. The number of hydrogen-bond acceptors (Lipinski definition) is 3. The topological polar surface area (TPSA) is 53.5 Å². The average Bonchev–Trinajstić information content (AvgIpc) is 2.61. The number of amides is 1. The van der Waals surface area contributed by atoms with Gasteiger partial charge in [-0.1, -0.05) is 42.5 Å². The quantitative estimate of drug-likeness (QED) is 0.558. The molecular weight excluding hydrogens is 305 g/mol. The van der Waals surface area contributed by atoms with Crippen LogP contribution in [0.15, 0.2) is 71.8 Å². The lowest BCUT2D eigenvalue weighted by atomic mass is 10.1. The SMILES string of the molecule is O=C(CNc1ccc2ccccc2c1)N/N=C/c1ccc(F)cc1. The first-order valence-corrected chi connectivity index (χ1v) is 7.51. The summed E-state index contributed by atoms with van der Waals surface area (Å²) in [6, 6.07) is 19.8. The monoisotopic (exact) mass is 321 g/mol. The summed E-state index contributed by atoms with van der Waals surface area (Å²) < 4.78 is 12.8. The molecule has 0 saturated carbocycles. The van der Waals surface area contributed by atoms with Gasteiger partial charge in [0, 0.05) is 5.69 Å². The minimum Gasteiger partial charge on any atom is -0.376 e. The van der Waals surface area contributed by atoms with Crippen LogP contribution in [0.5, 0.6) is 0 Å². The van der Waals surface area contributed by atoms with Gasteiger partial charge in [-0.3, -0.25) is 4.79 Å². The highest BCUT2D eigenvalue weighted by molar-refractivity contribution is 5.87. The van der Waals surface area contributed by atoms with Gasteiger partial charge in [-0.15, -0.1) is 0 Å². The van der Waals surface area contributed by atoms with Gasteiger partial charge in [0.1, 0.15) is 5.82 Å². The third-order valence-electron chi connectivity index (χ3n) is 3.48. The smallest absolute Gasteiger partial charge is 0.259 e. The second-order valence-electron chi connectivity index (χ2n) is 5.26. The van der Waals surface area contributed by atoms with Crippen molar-refractivity contribution < 1.29 is 9.18 Å². The Hall–Kier alpha value is -3.21. The summed E-state index contributed by atoms with van der Waals surface area (Å²) in [5.41, 5.74) is 4.00. The molecule has 0 aliphatic heterocycles. The average molecular weight is 321 g/mol. The van der Waals surface area contributed by atoms with Crippen molar-refractivity contribution in [3.05, 3.63) is 78.1 Å². The summed E-state index contributed by atoms with van der Waals surface area (Å²) in [6.07, 6.45) is 1.47. The van der Waals surface area contributed by atoms with E-state index in [1.54, 1.807) is 12.1 Å². The molecular formula is C19H16FN3O. The number of halogens is 1. The Balaban J connectivity index is 1.52. The molecule has 3 rings (SSSR count). The first kappa shape index (κ1) is 15.7. The first-order chi connectivity index (χ1) is 11.7. The number of nitrogens with zero attached hydrogens (tertiary/aromatic N) is 1. The minimum absolute atomic E-state index is 0.110. The van der Waals surface area contributed by atoms with Crippen LogP contribution >= 0.6 is 0 Å². The summed E-state index contributed by atoms with van der Waals surface area (Å²) in [7, 11) is 0. The number of rotatable bonds is 5. The Morgan fingerprint density at radius 3 is 2.54 bits per heavy atom. The van der Waals surface area contributed by atoms with Crippen molar-refractivity contribution in [2.24, 2.45) is 5.10 Å². The number of benzene rings is 3. The van der Waals surface area contributed by atoms with Crippen LogP contribution in [0.2, 0.25) is 0 Å². The Kier molecular flexibility index (Phi) is 4.81. The normalized spacial score (nSPS) is 10.9. The van der Waals surface area contributed by atoms with Crippen LogP contribution in [0, 0.1) is 5.82 Å². The molecule has 0 saturated heterocycles. The Morgan fingerprint density at radius 1 is 1.00 bits per heavy atom. The molecule has 4 nitrogen and oxygen atoms in total. The summed E-state index contributed by atoms with van der Waals surface area (Å²) in [5.74, 6) is -0.572. The molecule has 2 N–H and O–H groups in total. The molecule has 0 aliphatic rings. The van der Waals surface area contributed by atoms with Crippen LogP contribution < -0.4 is 10.7 Å². The van der Waals surface area contributed by atoms with Crippen LogP contribution in [0.25, 0.3) is 10.8 Å². The number of hydrogen-bond donors (Lipinski definition) is 2. The van der Waals surface area contributed by atoms with Gasteiger partial charge in [0.25, 0.3) is 5.91 Å². The van der Waals surface area contributed by atoms with E-state index in [1.165, 1.54) is 18.3 Å². The maximum absolute atomic E-state index is 12.8. The van der Waals surface area contributed by atoms with E-state index in [0.717, 1.165) is 16.5 Å². The molecule has 1 amide bonds. The summed E-state index contributed by atoms with van der Waals surface area (Å²) in [4.78, 5) is 11.8. The van der Waals surface area contributed by atoms with Crippen molar-refractivity contribution in [1.29, 1.82) is 0 Å². The molecule has 24 heavy (non-hydrogen) atoms. The van der Waals surface area contributed by atoms with E-state index in [9.17, 15) is 9.18 Å². The summed E-state index contributed by atoms with van der Waals surface area (Å²) in [5, 5.41) is 9.16. The molecule has 0 radical (unpaired) electrons. The highest BCUT2D eigenvalue weighted by atomic mass is 19.1. The zero-order valence-corrected chi connectivity index (χ0v) is 12.9. The molecule has 0 heterocycles. The van der Waals surface area contributed by atoms with Gasteiger partial charge in [0.05, 0.1) is 12.8 Å². The van der Waals surface area contributed by atoms with Gasteiger partial charge >= 0.3 is 0 Å². The third-order valence-corrected chi connectivity index (χ3v) is 3.48. The van der Waals surface area contributed by atoms with Crippen molar-refractivity contribution >= 4 is 28.6 Å². The van der Waals surface area contributed by atoms with Gasteiger partial charge in [-0.05, 0) is 40.6 Å². The van der Waals surface area contributed by atoms with Gasteiger partial charge in [0.15, 0.2) is 0 Å². The van der Waals surface area contributed by atoms with Crippen molar-refractivity contribution in [3.8, 4) is 0 Å². The molecule has 0 unspecified atom stereocenters. The number of hydrazone groups is 1. The minimum atomic E-state index is -0.309. The standard InChI is InChI=1S/C19H16FN3O/c20-17-8-5-14(6-9-17)12-22-23-19(24)13-21-18-10-7-15-3-1-2-4-16(15)11-18/h1-12,21H,13H2,(H,23,24)/b22-12+. The second kappa shape index (κ2) is 7.37. The van der Waals surface area contributed by atoms with Crippen LogP contribution in [0.4, 0.5) is 10.1 Å². The van der Waals surface area contributed by atoms with Gasteiger partial charge < -0.3 is 5.32 Å². The van der Waals surface area contributed by atoms with Gasteiger partial charge in [-0.2, -0.15) is 5.10 Å². The molecule has 0 spiro atoms. The Bertz CT molecular complexity index is 875. The maximum atomic E-state index is 12.8. The number of carbonyl (C=O) groups is 1. The number of carbonyl (C=O) groups excluding carboxylic acids is 1. The van der Waals surface area contributed by atoms with E-state index in [-0.39, 0.29) is 18.3 Å². The van der Waals surface area contributed by atoms with Crippen LogP contribution in [0.3, 0.4) is 0 Å². The van der Waals surface area contributed by atoms with E-state index < -0.39 is 0 Å². The van der Waals surface area contributed by atoms with E-state index >= 15 is 0 Å². The third kappa shape index (κ3) is 4.16. The zero-order chi connectivity index (χ0) is 16.8. The highest BCUT2D eigenvalue weighted by Gasteiger charge is 2.00. The highest BCUT2D eigenvalue weighted by Crippen LogP contribution is 2.18. The lowest BCUT2D eigenvalue weighted by molar-refractivity contribution is -0.119. The molecule has 0 fully saturated rings. The molecule has 120 valence electrons. The maximum Gasteiger partial charge on any atom is 0.259 e. The predicted molar refractivity (Wildman–Crippen MR) is 94.6 cm³/mol. The molecule has 0 atom stereocenters. The second-order valence-corrected chi connectivity index (χ2v) is 5.26. The fourth-order valence-electron chi connectivity index (χ4n) is 2.25. The van der Waals surface area contributed by atoms with Gasteiger partial charge in [-0.25, -0.2) is 9.82 Å². The lowest BCUT2D eigenvalue weighted by Crippen LogP contribution is -2.25. The van der Waals surface area contributed by atoms with Crippen LogP contribution in [0.1, 0.15) is 5.56 Å². The van der Waals surface area contributed by atoms with Crippen molar-refractivity contribution in [2.45, 2.75) is 0 Å². The van der Waals surface area contributed by atoms with Crippen molar-refractivity contribution in [1.82, 2.24) is 5.43 Å². The molecule has 0 aliphatic carbocycles. The predicted octanol–water partition coefficient (Wildman–Crippen LogP) is 3.54. The first-order valence-electron chi connectivity index (χ1n) is 7.51. The number of anilines is 1. The Morgan fingerprint density at radius 2 is 1.75 bits per heavy atom. The molecule has 3 aromatic carbocycles. The fraction of sp³-hybridized carbons (Fsp3) is 0.0526. The molecule has 3 aromatic rings. The van der Waals surface area contributed by atoms with Crippen LogP contribution in [-0.2, 0) is 4.79 Å². The van der Waals surface area contributed by atoms with E-state index in [4.69, 9.17) is 0 Å². The molecule has 0 aromatic heterocycles. The van der Waals surface area contributed by atoms with E-state index in [2.05, 4.69) is 15.8 Å². The van der Waals surface area contributed by atoms with Gasteiger partial charge in [0.2, 0.25) is 0 Å². The van der Waals surface area contributed by atoms with E-state index in [1.807, 2.05) is 42.5 Å². The van der Waals surface area contributed by atoms with Crippen molar-refractivity contribution in [2.75, 3.05) is 11.9 Å². The Labute approximate surface area is 139 Å². The fourth-order valence-corrected chi connectivity index (χ4v) is 2.25. The summed E-state index contributed by atoms with van der Waals surface area (Å²) >= 11 is 0. The van der Waals surface area contributed by atoms with E-state index in [0.29, 0.717) is 5.56 Å². The molecule has 5 heteroatoms. The lowest BCUT2D eigenvalue weighted by Gasteiger charge is -2.06. The zero-order valence-electron chi connectivity index (χ0n) is 12.9. The largest absolute Gasteiger partial charge is 0.376 e. The van der Waals surface area contributed by atoms with Crippen molar-refractivity contribution in [3.63, 3.8) is 0 Å². The van der Waals surface area contributed by atoms with Crippen LogP contribution in [-0.4, -0.2) is 18.7 Å². The number of nitrogens with one attached hydrogen (secondary N) is 2. The molecule has 0 bridgehead atoms.